The Hall–Kier alpha value is -2.61. The highest BCUT2D eigenvalue weighted by molar-refractivity contribution is 5.78. The van der Waals surface area contributed by atoms with E-state index in [1.807, 2.05) is 11.0 Å². The quantitative estimate of drug-likeness (QED) is 0.848. The predicted molar refractivity (Wildman–Crippen MR) is 70.5 cm³/mol. The molecular weight excluding hydrogens is 243 g/mol. The molecule has 0 amide bonds. The monoisotopic (exact) mass is 254 g/mol. The third-order valence-corrected chi connectivity index (χ3v) is 3.29. The molecule has 1 aromatic carbocycles. The lowest BCUT2D eigenvalue weighted by molar-refractivity contribution is 0.628. The van der Waals surface area contributed by atoms with Crippen LogP contribution >= 0.6 is 0 Å². The van der Waals surface area contributed by atoms with Crippen molar-refractivity contribution in [3.63, 3.8) is 0 Å². The fourth-order valence-corrected chi connectivity index (χ4v) is 2.35. The first-order chi connectivity index (χ1) is 9.20. The number of aromatic nitrogens is 1. The Kier molecular flexibility index (Phi) is 2.57. The highest BCUT2D eigenvalue weighted by Crippen LogP contribution is 2.37. The van der Waals surface area contributed by atoms with Gasteiger partial charge in [-0.05, 0) is 30.2 Å². The van der Waals surface area contributed by atoms with Crippen molar-refractivity contribution in [2.24, 2.45) is 0 Å². The van der Waals surface area contributed by atoms with Crippen LogP contribution < -0.4 is 10.6 Å². The van der Waals surface area contributed by atoms with Crippen LogP contribution in [0.1, 0.15) is 11.1 Å². The maximum Gasteiger partial charge on any atom is 0.157 e. The molecule has 94 valence electrons. The van der Waals surface area contributed by atoms with Gasteiger partial charge >= 0.3 is 0 Å². The van der Waals surface area contributed by atoms with Gasteiger partial charge in [-0.2, -0.15) is 5.26 Å². The van der Waals surface area contributed by atoms with E-state index < -0.39 is 0 Å². The van der Waals surface area contributed by atoms with Crippen molar-refractivity contribution >= 4 is 17.2 Å². The Bertz CT molecular complexity index is 690. The summed E-state index contributed by atoms with van der Waals surface area (Å²) in [5, 5.41) is 8.99. The second kappa shape index (κ2) is 4.25. The predicted octanol–water partition coefficient (Wildman–Crippen LogP) is 2.37. The smallest absolute Gasteiger partial charge is 0.157 e. The number of nitrogen functional groups attached to an aromatic ring is 1. The summed E-state index contributed by atoms with van der Waals surface area (Å²) in [6, 6.07) is 8.30. The molecule has 2 heterocycles. The molecule has 1 aliphatic rings. The first kappa shape index (κ1) is 11.5. The summed E-state index contributed by atoms with van der Waals surface area (Å²) in [6.07, 6.45) is 2.36. The van der Waals surface area contributed by atoms with Crippen LogP contribution in [0.25, 0.3) is 0 Å². The Morgan fingerprint density at radius 2 is 2.21 bits per heavy atom. The van der Waals surface area contributed by atoms with Crippen molar-refractivity contribution < 1.29 is 4.39 Å². The van der Waals surface area contributed by atoms with Gasteiger partial charge in [0.1, 0.15) is 11.9 Å². The molecule has 0 spiro atoms. The van der Waals surface area contributed by atoms with Gasteiger partial charge in [-0.3, -0.25) is 0 Å². The van der Waals surface area contributed by atoms with Crippen LogP contribution in [0.15, 0.2) is 30.5 Å². The Balaban J connectivity index is 2.12. The van der Waals surface area contributed by atoms with Gasteiger partial charge in [0.05, 0.1) is 11.3 Å². The maximum atomic E-state index is 13.4. The molecule has 19 heavy (non-hydrogen) atoms. The Labute approximate surface area is 109 Å². The van der Waals surface area contributed by atoms with Gasteiger partial charge in [-0.25, -0.2) is 9.37 Å². The summed E-state index contributed by atoms with van der Waals surface area (Å²) < 4.78 is 13.4. The van der Waals surface area contributed by atoms with Gasteiger partial charge in [-0.1, -0.05) is 6.07 Å². The van der Waals surface area contributed by atoms with E-state index in [1.54, 1.807) is 18.3 Å². The molecule has 5 heteroatoms. The number of benzene rings is 1. The van der Waals surface area contributed by atoms with Crippen LogP contribution in [0, 0.1) is 17.1 Å². The molecule has 0 aliphatic carbocycles. The van der Waals surface area contributed by atoms with Crippen LogP contribution in [0.2, 0.25) is 0 Å². The second-order valence-corrected chi connectivity index (χ2v) is 4.38. The number of pyridine rings is 1. The molecule has 4 nitrogen and oxygen atoms in total. The molecule has 1 aliphatic heterocycles. The molecular formula is C14H11FN4. The number of nitrogens with two attached hydrogens (primary N) is 1. The second-order valence-electron chi connectivity index (χ2n) is 4.38. The topological polar surface area (TPSA) is 65.9 Å². The number of hydrogen-bond acceptors (Lipinski definition) is 4. The average molecular weight is 254 g/mol. The molecule has 0 unspecified atom stereocenters. The molecule has 0 saturated carbocycles. The molecule has 0 bridgehead atoms. The first-order valence-electron chi connectivity index (χ1n) is 5.91. The zero-order chi connectivity index (χ0) is 13.4. The summed E-state index contributed by atoms with van der Waals surface area (Å²) in [5.41, 5.74) is 8.50. The van der Waals surface area contributed by atoms with E-state index in [-0.39, 0.29) is 5.82 Å². The minimum Gasteiger partial charge on any atom is -0.395 e. The van der Waals surface area contributed by atoms with Crippen LogP contribution in [-0.2, 0) is 6.42 Å². The lowest BCUT2D eigenvalue weighted by atomic mass is 10.1. The van der Waals surface area contributed by atoms with E-state index in [1.165, 1.54) is 12.1 Å². The molecule has 2 N–H and O–H groups in total. The molecule has 0 fully saturated rings. The SMILES string of the molecule is N#Cc1ccnc(N2CCc3ccc(F)cc32)c1N. The van der Waals surface area contributed by atoms with Gasteiger partial charge in [-0.15, -0.1) is 0 Å². The van der Waals surface area contributed by atoms with Crippen molar-refractivity contribution in [1.29, 1.82) is 5.26 Å². The number of anilines is 3. The van der Waals surface area contributed by atoms with E-state index in [2.05, 4.69) is 4.98 Å². The van der Waals surface area contributed by atoms with Crippen LogP contribution in [-0.4, -0.2) is 11.5 Å². The van der Waals surface area contributed by atoms with Gasteiger partial charge in [0.25, 0.3) is 0 Å². The molecule has 0 radical (unpaired) electrons. The highest BCUT2D eigenvalue weighted by atomic mass is 19.1. The van der Waals surface area contributed by atoms with E-state index in [9.17, 15) is 4.39 Å². The fourth-order valence-electron chi connectivity index (χ4n) is 2.35. The summed E-state index contributed by atoms with van der Waals surface area (Å²) >= 11 is 0. The van der Waals surface area contributed by atoms with E-state index in [0.29, 0.717) is 23.6 Å². The van der Waals surface area contributed by atoms with Gasteiger partial charge < -0.3 is 10.6 Å². The average Bonchev–Trinajstić information content (AvgIpc) is 2.82. The molecule has 1 aromatic heterocycles. The summed E-state index contributed by atoms with van der Waals surface area (Å²) in [7, 11) is 0. The molecule has 2 aromatic rings. The van der Waals surface area contributed by atoms with E-state index >= 15 is 0 Å². The molecule has 0 saturated heterocycles. The summed E-state index contributed by atoms with van der Waals surface area (Å²) in [6.45, 7) is 0.685. The number of halogens is 1. The zero-order valence-electron chi connectivity index (χ0n) is 10.1. The normalized spacial score (nSPS) is 13.2. The number of nitrogens with zero attached hydrogens (tertiary/aromatic N) is 3. The Morgan fingerprint density at radius 3 is 3.00 bits per heavy atom. The third kappa shape index (κ3) is 1.78. The number of nitriles is 1. The lowest BCUT2D eigenvalue weighted by Crippen LogP contribution is -2.17. The van der Waals surface area contributed by atoms with Crippen molar-refractivity contribution in [2.45, 2.75) is 6.42 Å². The number of rotatable bonds is 1. The molecule has 3 rings (SSSR count). The number of fused-ring (bicyclic) bond motifs is 1. The van der Waals surface area contributed by atoms with Crippen molar-refractivity contribution in [3.8, 4) is 6.07 Å². The van der Waals surface area contributed by atoms with Gasteiger partial charge in [0.2, 0.25) is 0 Å². The zero-order valence-corrected chi connectivity index (χ0v) is 10.1. The van der Waals surface area contributed by atoms with E-state index in [0.717, 1.165) is 17.7 Å². The van der Waals surface area contributed by atoms with E-state index in [4.69, 9.17) is 11.0 Å². The molecule has 0 atom stereocenters. The van der Waals surface area contributed by atoms with Crippen LogP contribution in [0.5, 0.6) is 0 Å². The van der Waals surface area contributed by atoms with Crippen molar-refractivity contribution in [1.82, 2.24) is 4.98 Å². The standard InChI is InChI=1S/C14H11FN4/c15-11-2-1-9-4-6-19(12(9)7-11)14-13(17)10(8-16)3-5-18-14/h1-3,5,7H,4,6,17H2. The van der Waals surface area contributed by atoms with Crippen LogP contribution in [0.3, 0.4) is 0 Å². The minimum absolute atomic E-state index is 0.291. The van der Waals surface area contributed by atoms with Crippen LogP contribution in [0.4, 0.5) is 21.6 Å². The summed E-state index contributed by atoms with van der Waals surface area (Å²) in [5.74, 6) is 0.226. The fraction of sp³-hybridized carbons (Fsp3) is 0.143. The largest absolute Gasteiger partial charge is 0.395 e. The maximum absolute atomic E-state index is 13.4. The minimum atomic E-state index is -0.291. The Morgan fingerprint density at radius 1 is 1.37 bits per heavy atom. The van der Waals surface area contributed by atoms with Gasteiger partial charge in [0, 0.05) is 18.4 Å². The van der Waals surface area contributed by atoms with Crippen molar-refractivity contribution in [2.75, 3.05) is 17.2 Å². The highest BCUT2D eigenvalue weighted by Gasteiger charge is 2.24. The summed E-state index contributed by atoms with van der Waals surface area (Å²) in [4.78, 5) is 6.08. The van der Waals surface area contributed by atoms with Gasteiger partial charge in [0.15, 0.2) is 5.82 Å². The lowest BCUT2D eigenvalue weighted by Gasteiger charge is -2.20. The van der Waals surface area contributed by atoms with Crippen molar-refractivity contribution in [3.05, 3.63) is 47.4 Å². The first-order valence-corrected chi connectivity index (χ1v) is 5.91. The number of hydrogen-bond donors (Lipinski definition) is 1. The third-order valence-electron chi connectivity index (χ3n) is 3.29.